The molecule has 0 aromatic heterocycles. The summed E-state index contributed by atoms with van der Waals surface area (Å²) in [5.74, 6) is -1.44. The van der Waals surface area contributed by atoms with Crippen LogP contribution in [0.25, 0.3) is 0 Å². The Morgan fingerprint density at radius 2 is 2.00 bits per heavy atom. The molecule has 2 nitrogen and oxygen atoms in total. The lowest BCUT2D eigenvalue weighted by molar-refractivity contribution is -0.131. The van der Waals surface area contributed by atoms with Crippen molar-refractivity contribution in [2.24, 2.45) is 0 Å². The van der Waals surface area contributed by atoms with E-state index >= 15 is 0 Å². The van der Waals surface area contributed by atoms with E-state index in [0.29, 0.717) is 13.1 Å². The third-order valence-electron chi connectivity index (χ3n) is 3.13. The summed E-state index contributed by atoms with van der Waals surface area (Å²) in [7, 11) is 0. The number of rotatable bonds is 2. The molecule has 1 heterocycles. The van der Waals surface area contributed by atoms with Crippen LogP contribution in [0.4, 0.5) is 8.78 Å². The Labute approximate surface area is 110 Å². The molecule has 0 N–H and O–H groups in total. The number of hydrogen-bond acceptors (Lipinski definition) is 1. The van der Waals surface area contributed by atoms with Gasteiger partial charge in [-0.2, -0.15) is 0 Å². The van der Waals surface area contributed by atoms with Gasteiger partial charge in [-0.25, -0.2) is 8.78 Å². The van der Waals surface area contributed by atoms with Gasteiger partial charge in [-0.3, -0.25) is 4.79 Å². The van der Waals surface area contributed by atoms with Crippen molar-refractivity contribution in [1.29, 1.82) is 0 Å². The zero-order chi connectivity index (χ0) is 13.1. The van der Waals surface area contributed by atoms with Gasteiger partial charge in [0.25, 0.3) is 0 Å². The Morgan fingerprint density at radius 1 is 1.33 bits per heavy atom. The predicted octanol–water partition coefficient (Wildman–Crippen LogP) is 2.74. The molecule has 1 aliphatic heterocycles. The summed E-state index contributed by atoms with van der Waals surface area (Å²) in [6.07, 6.45) is 1.50. The van der Waals surface area contributed by atoms with Crippen molar-refractivity contribution in [3.63, 3.8) is 0 Å². The van der Waals surface area contributed by atoms with Crippen LogP contribution in [0.5, 0.6) is 0 Å². The van der Waals surface area contributed by atoms with Crippen LogP contribution in [0, 0.1) is 11.6 Å². The molecule has 1 fully saturated rings. The predicted molar refractivity (Wildman–Crippen MR) is 65.5 cm³/mol. The Kier molecular flexibility index (Phi) is 4.17. The Hall–Kier alpha value is -1.16. The van der Waals surface area contributed by atoms with E-state index in [0.717, 1.165) is 25.0 Å². The van der Waals surface area contributed by atoms with Crippen LogP contribution in [0.1, 0.15) is 18.4 Å². The summed E-state index contributed by atoms with van der Waals surface area (Å²) in [4.78, 5) is 13.6. The lowest BCUT2D eigenvalue weighted by atomic mass is 10.1. The number of piperidine rings is 1. The Morgan fingerprint density at radius 3 is 2.61 bits per heavy atom. The second kappa shape index (κ2) is 5.65. The number of alkyl halides is 1. The van der Waals surface area contributed by atoms with Crippen LogP contribution >= 0.6 is 11.6 Å². The lowest BCUT2D eigenvalue weighted by Gasteiger charge is -2.29. The SMILES string of the molecule is O=C(Cc1ccc(F)cc1F)N1CCC(Cl)CC1. The molecule has 18 heavy (non-hydrogen) atoms. The average Bonchev–Trinajstić information content (AvgIpc) is 2.33. The minimum absolute atomic E-state index is 0.0287. The van der Waals surface area contributed by atoms with Crippen molar-refractivity contribution in [2.45, 2.75) is 24.6 Å². The number of carbonyl (C=O) groups excluding carboxylic acids is 1. The summed E-state index contributed by atoms with van der Waals surface area (Å²) in [6, 6.07) is 3.28. The molecule has 1 aliphatic rings. The topological polar surface area (TPSA) is 20.3 Å². The molecule has 0 atom stereocenters. The van der Waals surface area contributed by atoms with Gasteiger partial charge in [0.05, 0.1) is 6.42 Å². The van der Waals surface area contributed by atoms with E-state index in [9.17, 15) is 13.6 Å². The summed E-state index contributed by atoms with van der Waals surface area (Å²) >= 11 is 5.95. The van der Waals surface area contributed by atoms with Gasteiger partial charge in [0.15, 0.2) is 0 Å². The van der Waals surface area contributed by atoms with E-state index in [1.165, 1.54) is 6.07 Å². The van der Waals surface area contributed by atoms with E-state index in [1.807, 2.05) is 0 Å². The van der Waals surface area contributed by atoms with Crippen LogP contribution in [-0.4, -0.2) is 29.3 Å². The molecule has 0 unspecified atom stereocenters. The highest BCUT2D eigenvalue weighted by molar-refractivity contribution is 6.20. The second-order valence-electron chi connectivity index (χ2n) is 4.47. The molecule has 5 heteroatoms. The number of halogens is 3. The normalized spacial score (nSPS) is 16.9. The number of amides is 1. The largest absolute Gasteiger partial charge is 0.342 e. The van der Waals surface area contributed by atoms with Crippen molar-refractivity contribution in [1.82, 2.24) is 4.90 Å². The van der Waals surface area contributed by atoms with Gasteiger partial charge in [-0.05, 0) is 24.5 Å². The third kappa shape index (κ3) is 3.19. The molecule has 0 bridgehead atoms. The molecule has 0 aliphatic carbocycles. The lowest BCUT2D eigenvalue weighted by Crippen LogP contribution is -2.39. The van der Waals surface area contributed by atoms with E-state index in [2.05, 4.69) is 0 Å². The van der Waals surface area contributed by atoms with Crippen molar-refractivity contribution >= 4 is 17.5 Å². The molecule has 2 rings (SSSR count). The minimum Gasteiger partial charge on any atom is -0.342 e. The maximum Gasteiger partial charge on any atom is 0.227 e. The molecular formula is C13H14ClF2NO. The van der Waals surface area contributed by atoms with E-state index in [4.69, 9.17) is 11.6 Å². The average molecular weight is 274 g/mol. The standard InChI is InChI=1S/C13H14ClF2NO/c14-10-3-5-17(6-4-10)13(18)7-9-1-2-11(15)8-12(9)16/h1-2,8,10H,3-7H2. The zero-order valence-corrected chi connectivity index (χ0v) is 10.6. The fourth-order valence-electron chi connectivity index (χ4n) is 2.04. The second-order valence-corrected chi connectivity index (χ2v) is 5.09. The molecule has 0 radical (unpaired) electrons. The first-order valence-corrected chi connectivity index (χ1v) is 6.35. The van der Waals surface area contributed by atoms with Crippen LogP contribution in [0.3, 0.4) is 0 Å². The number of likely N-dealkylation sites (tertiary alicyclic amines) is 1. The first-order valence-electron chi connectivity index (χ1n) is 5.92. The highest BCUT2D eigenvalue weighted by Crippen LogP contribution is 2.17. The molecule has 1 aromatic rings. The monoisotopic (exact) mass is 273 g/mol. The summed E-state index contributed by atoms with van der Waals surface area (Å²) < 4.78 is 26.1. The van der Waals surface area contributed by atoms with Crippen molar-refractivity contribution in [3.05, 3.63) is 35.4 Å². The summed E-state index contributed by atoms with van der Waals surface area (Å²) in [5, 5.41) is 0.122. The smallest absolute Gasteiger partial charge is 0.227 e. The van der Waals surface area contributed by atoms with Crippen LogP contribution < -0.4 is 0 Å². The molecule has 1 saturated heterocycles. The fraction of sp³-hybridized carbons (Fsp3) is 0.462. The molecule has 1 amide bonds. The van der Waals surface area contributed by atoms with E-state index < -0.39 is 11.6 Å². The first kappa shape index (κ1) is 13.3. The van der Waals surface area contributed by atoms with Gasteiger partial charge in [-0.1, -0.05) is 6.07 Å². The van der Waals surface area contributed by atoms with Crippen molar-refractivity contribution < 1.29 is 13.6 Å². The number of nitrogens with zero attached hydrogens (tertiary/aromatic N) is 1. The van der Waals surface area contributed by atoms with Gasteiger partial charge in [0, 0.05) is 24.5 Å². The van der Waals surface area contributed by atoms with Gasteiger partial charge in [0.1, 0.15) is 11.6 Å². The highest BCUT2D eigenvalue weighted by atomic mass is 35.5. The minimum atomic E-state index is -0.671. The number of hydrogen-bond donors (Lipinski definition) is 0. The van der Waals surface area contributed by atoms with Crippen molar-refractivity contribution in [3.8, 4) is 0 Å². The fourth-order valence-corrected chi connectivity index (χ4v) is 2.23. The number of benzene rings is 1. The van der Waals surface area contributed by atoms with Gasteiger partial charge in [0.2, 0.25) is 5.91 Å². The quantitative estimate of drug-likeness (QED) is 0.759. The molecule has 0 saturated carbocycles. The number of carbonyl (C=O) groups is 1. The van der Waals surface area contributed by atoms with Gasteiger partial charge >= 0.3 is 0 Å². The van der Waals surface area contributed by atoms with E-state index in [1.54, 1.807) is 4.90 Å². The molecule has 0 spiro atoms. The maximum absolute atomic E-state index is 13.4. The maximum atomic E-state index is 13.4. The van der Waals surface area contributed by atoms with Crippen LogP contribution in [-0.2, 0) is 11.2 Å². The molecule has 1 aromatic carbocycles. The summed E-state index contributed by atoms with van der Waals surface area (Å²) in [6.45, 7) is 1.21. The highest BCUT2D eigenvalue weighted by Gasteiger charge is 2.22. The Balaban J connectivity index is 1.98. The zero-order valence-electron chi connectivity index (χ0n) is 9.83. The summed E-state index contributed by atoms with van der Waals surface area (Å²) in [5.41, 5.74) is 0.231. The third-order valence-corrected chi connectivity index (χ3v) is 3.57. The van der Waals surface area contributed by atoms with Crippen LogP contribution in [0.2, 0.25) is 0 Å². The first-order chi connectivity index (χ1) is 8.56. The van der Waals surface area contributed by atoms with Gasteiger partial charge < -0.3 is 4.90 Å². The van der Waals surface area contributed by atoms with Crippen molar-refractivity contribution in [2.75, 3.05) is 13.1 Å². The van der Waals surface area contributed by atoms with E-state index in [-0.39, 0.29) is 23.3 Å². The molecule has 98 valence electrons. The molecular weight excluding hydrogens is 260 g/mol. The van der Waals surface area contributed by atoms with Gasteiger partial charge in [-0.15, -0.1) is 11.6 Å². The Bertz CT molecular complexity index is 445. The van der Waals surface area contributed by atoms with Crippen LogP contribution in [0.15, 0.2) is 18.2 Å².